The fourth-order valence-corrected chi connectivity index (χ4v) is 1.16. The fraction of sp³-hybridized carbons (Fsp3) is 0.444. The number of rotatable bonds is 2. The highest BCUT2D eigenvalue weighted by Gasteiger charge is 2.32. The van der Waals surface area contributed by atoms with Gasteiger partial charge in [-0.1, -0.05) is 13.0 Å². The Balaban J connectivity index is 1.97. The predicted octanol–water partition coefficient (Wildman–Crippen LogP) is 1.90. The first-order valence-corrected chi connectivity index (χ1v) is 4.04. The van der Waals surface area contributed by atoms with E-state index in [4.69, 9.17) is 0 Å². The second-order valence-corrected chi connectivity index (χ2v) is 3.18. The molecule has 0 spiro atoms. The van der Waals surface area contributed by atoms with Crippen LogP contribution in [0.1, 0.15) is 13.3 Å². The zero-order valence-corrected chi connectivity index (χ0v) is 6.62. The smallest absolute Gasteiger partial charge is 0.126 e. The Morgan fingerprint density at radius 3 is 2.91 bits per heavy atom. The summed E-state index contributed by atoms with van der Waals surface area (Å²) in [6.07, 6.45) is 3.10. The van der Waals surface area contributed by atoms with E-state index < -0.39 is 0 Å². The summed E-state index contributed by atoms with van der Waals surface area (Å²) in [4.78, 5) is 4.18. The molecule has 2 atom stereocenters. The maximum atomic E-state index is 4.18. The van der Waals surface area contributed by atoms with Crippen LogP contribution in [0.2, 0.25) is 0 Å². The van der Waals surface area contributed by atoms with Gasteiger partial charge >= 0.3 is 0 Å². The van der Waals surface area contributed by atoms with Crippen LogP contribution >= 0.6 is 0 Å². The molecule has 2 nitrogen and oxygen atoms in total. The molecule has 2 rings (SSSR count). The normalized spacial score (nSPS) is 28.1. The number of nitrogens with zero attached hydrogens (tertiary/aromatic N) is 1. The minimum Gasteiger partial charge on any atom is -0.367 e. The van der Waals surface area contributed by atoms with E-state index in [1.807, 2.05) is 24.4 Å². The third kappa shape index (κ3) is 1.50. The lowest BCUT2D eigenvalue weighted by Gasteiger charge is -2.01. The second kappa shape index (κ2) is 2.53. The third-order valence-corrected chi connectivity index (χ3v) is 2.11. The quantitative estimate of drug-likeness (QED) is 0.693. The molecule has 58 valence electrons. The monoisotopic (exact) mass is 148 g/mol. The van der Waals surface area contributed by atoms with Gasteiger partial charge in [0.15, 0.2) is 0 Å². The van der Waals surface area contributed by atoms with Crippen molar-refractivity contribution in [1.29, 1.82) is 0 Å². The van der Waals surface area contributed by atoms with Crippen LogP contribution in [0.5, 0.6) is 0 Å². The van der Waals surface area contributed by atoms with Gasteiger partial charge in [0.1, 0.15) is 5.82 Å². The lowest BCUT2D eigenvalue weighted by Crippen LogP contribution is -2.04. The molecule has 1 N–H and O–H groups in total. The Labute approximate surface area is 66.7 Å². The SMILES string of the molecule is C[C@@H]1C[C@H]1Nc1ccccn1. The lowest BCUT2D eigenvalue weighted by molar-refractivity contribution is 0.924. The number of aromatic nitrogens is 1. The fourth-order valence-electron chi connectivity index (χ4n) is 1.16. The van der Waals surface area contributed by atoms with E-state index in [-0.39, 0.29) is 0 Å². The van der Waals surface area contributed by atoms with Crippen molar-refractivity contribution >= 4 is 5.82 Å². The highest BCUT2D eigenvalue weighted by Crippen LogP contribution is 2.31. The van der Waals surface area contributed by atoms with Gasteiger partial charge in [-0.3, -0.25) is 0 Å². The van der Waals surface area contributed by atoms with Crippen LogP contribution in [-0.2, 0) is 0 Å². The van der Waals surface area contributed by atoms with Crippen LogP contribution in [0.15, 0.2) is 24.4 Å². The lowest BCUT2D eigenvalue weighted by atomic mass is 10.4. The van der Waals surface area contributed by atoms with E-state index in [0.29, 0.717) is 6.04 Å². The van der Waals surface area contributed by atoms with Gasteiger partial charge in [0.05, 0.1) is 0 Å². The molecule has 1 fully saturated rings. The standard InChI is InChI=1S/C9H12N2/c1-7-6-8(7)11-9-4-2-3-5-10-9/h2-5,7-8H,6H2,1H3,(H,10,11)/t7-,8-/m1/s1. The van der Waals surface area contributed by atoms with Gasteiger partial charge in [-0.25, -0.2) is 4.98 Å². The van der Waals surface area contributed by atoms with Crippen LogP contribution < -0.4 is 5.32 Å². The highest BCUT2D eigenvalue weighted by atomic mass is 15.0. The molecule has 1 heterocycles. The minimum atomic E-state index is 0.671. The summed E-state index contributed by atoms with van der Waals surface area (Å²) in [5.74, 6) is 1.83. The number of hydrogen-bond donors (Lipinski definition) is 1. The van der Waals surface area contributed by atoms with Crippen molar-refractivity contribution in [2.75, 3.05) is 5.32 Å². The Morgan fingerprint density at radius 2 is 2.36 bits per heavy atom. The van der Waals surface area contributed by atoms with Crippen molar-refractivity contribution in [3.63, 3.8) is 0 Å². The first kappa shape index (κ1) is 6.65. The molecule has 0 radical (unpaired) electrons. The molecule has 0 aromatic carbocycles. The Bertz CT molecular complexity index is 233. The van der Waals surface area contributed by atoms with E-state index in [0.717, 1.165) is 11.7 Å². The molecule has 0 amide bonds. The zero-order valence-electron chi connectivity index (χ0n) is 6.62. The van der Waals surface area contributed by atoms with Gasteiger partial charge in [0.25, 0.3) is 0 Å². The second-order valence-electron chi connectivity index (χ2n) is 3.18. The van der Waals surface area contributed by atoms with Gasteiger partial charge < -0.3 is 5.32 Å². The van der Waals surface area contributed by atoms with Gasteiger partial charge in [0, 0.05) is 12.2 Å². The van der Waals surface area contributed by atoms with E-state index in [2.05, 4.69) is 17.2 Å². The van der Waals surface area contributed by atoms with Crippen molar-refractivity contribution in [3.8, 4) is 0 Å². The maximum Gasteiger partial charge on any atom is 0.126 e. The largest absolute Gasteiger partial charge is 0.367 e. The summed E-state index contributed by atoms with van der Waals surface area (Å²) in [6, 6.07) is 6.61. The van der Waals surface area contributed by atoms with E-state index in [1.54, 1.807) is 0 Å². The number of anilines is 1. The molecule has 0 aliphatic heterocycles. The predicted molar refractivity (Wildman–Crippen MR) is 45.4 cm³/mol. The van der Waals surface area contributed by atoms with Crippen molar-refractivity contribution < 1.29 is 0 Å². The zero-order chi connectivity index (χ0) is 7.68. The first-order chi connectivity index (χ1) is 5.36. The Morgan fingerprint density at radius 1 is 1.55 bits per heavy atom. The van der Waals surface area contributed by atoms with Crippen molar-refractivity contribution in [2.45, 2.75) is 19.4 Å². The summed E-state index contributed by atoms with van der Waals surface area (Å²) in [5, 5.41) is 3.35. The molecule has 0 bridgehead atoms. The summed E-state index contributed by atoms with van der Waals surface area (Å²) in [6.45, 7) is 2.25. The summed E-state index contributed by atoms with van der Waals surface area (Å²) < 4.78 is 0. The molecule has 11 heavy (non-hydrogen) atoms. The summed E-state index contributed by atoms with van der Waals surface area (Å²) in [7, 11) is 0. The van der Waals surface area contributed by atoms with E-state index in [1.165, 1.54) is 6.42 Å². The van der Waals surface area contributed by atoms with Crippen molar-refractivity contribution in [3.05, 3.63) is 24.4 Å². The molecule has 0 saturated heterocycles. The average molecular weight is 148 g/mol. The highest BCUT2D eigenvalue weighted by molar-refractivity contribution is 5.36. The molecule has 1 aromatic heterocycles. The van der Waals surface area contributed by atoms with Gasteiger partial charge in [-0.2, -0.15) is 0 Å². The molecule has 2 heteroatoms. The summed E-state index contributed by atoms with van der Waals surface area (Å²) in [5.41, 5.74) is 0. The molecular weight excluding hydrogens is 136 g/mol. The van der Waals surface area contributed by atoms with E-state index in [9.17, 15) is 0 Å². The maximum absolute atomic E-state index is 4.18. The van der Waals surface area contributed by atoms with Crippen molar-refractivity contribution in [2.24, 2.45) is 5.92 Å². The van der Waals surface area contributed by atoms with Crippen molar-refractivity contribution in [1.82, 2.24) is 4.98 Å². The molecule has 1 aliphatic rings. The van der Waals surface area contributed by atoms with E-state index >= 15 is 0 Å². The first-order valence-electron chi connectivity index (χ1n) is 4.04. The number of pyridine rings is 1. The topological polar surface area (TPSA) is 24.9 Å². The number of nitrogens with one attached hydrogen (secondary N) is 1. The third-order valence-electron chi connectivity index (χ3n) is 2.11. The van der Waals surface area contributed by atoms with Gasteiger partial charge in [-0.15, -0.1) is 0 Å². The number of hydrogen-bond acceptors (Lipinski definition) is 2. The molecule has 1 aliphatic carbocycles. The Kier molecular flexibility index (Phi) is 1.53. The molecule has 1 aromatic rings. The molecular formula is C9H12N2. The van der Waals surface area contributed by atoms with Crippen LogP contribution in [0, 0.1) is 5.92 Å². The summed E-state index contributed by atoms with van der Waals surface area (Å²) >= 11 is 0. The molecule has 0 unspecified atom stereocenters. The molecule has 1 saturated carbocycles. The Hall–Kier alpha value is -1.05. The van der Waals surface area contributed by atoms with Crippen LogP contribution in [0.4, 0.5) is 5.82 Å². The van der Waals surface area contributed by atoms with Gasteiger partial charge in [-0.05, 0) is 24.5 Å². The van der Waals surface area contributed by atoms with Crippen LogP contribution in [-0.4, -0.2) is 11.0 Å². The average Bonchev–Trinajstić information content (AvgIpc) is 2.69. The van der Waals surface area contributed by atoms with Crippen LogP contribution in [0.3, 0.4) is 0 Å². The van der Waals surface area contributed by atoms with Gasteiger partial charge in [0.2, 0.25) is 0 Å². The van der Waals surface area contributed by atoms with Crippen LogP contribution in [0.25, 0.3) is 0 Å². The minimum absolute atomic E-state index is 0.671.